The van der Waals surface area contributed by atoms with Gasteiger partial charge in [-0.25, -0.2) is 8.42 Å². The third-order valence-electron chi connectivity index (χ3n) is 2.10. The molecule has 1 aromatic carbocycles. The van der Waals surface area contributed by atoms with Crippen molar-refractivity contribution in [2.45, 2.75) is 25.1 Å². The minimum absolute atomic E-state index is 0.0664. The van der Waals surface area contributed by atoms with Crippen molar-refractivity contribution in [3.05, 3.63) is 35.4 Å². The van der Waals surface area contributed by atoms with Gasteiger partial charge < -0.3 is 5.73 Å². The third-order valence-corrected chi connectivity index (χ3v) is 2.96. The van der Waals surface area contributed by atoms with Crippen molar-refractivity contribution in [2.75, 3.05) is 6.26 Å². The zero-order chi connectivity index (χ0) is 11.7. The smallest absolute Gasteiger partial charge is 0.151 e. The average Bonchev–Trinajstić information content (AvgIpc) is 1.99. The minimum Gasteiger partial charge on any atom is -0.322 e. The number of sulfone groups is 1. The number of nitrogens with two attached hydrogens (primary N) is 1. The van der Waals surface area contributed by atoms with Gasteiger partial charge in [0.1, 0.15) is 0 Å². The molecule has 1 rings (SSSR count). The molecule has 0 saturated carbocycles. The highest BCUT2D eigenvalue weighted by atomic mass is 32.2. The van der Waals surface area contributed by atoms with E-state index >= 15 is 0 Å². The summed E-state index contributed by atoms with van der Waals surface area (Å²) >= 11 is 0. The lowest BCUT2D eigenvalue weighted by atomic mass is 9.94. The predicted octanol–water partition coefficient (Wildman–Crippen LogP) is 1.43. The molecule has 0 bridgehead atoms. The van der Waals surface area contributed by atoms with Crippen molar-refractivity contribution in [1.29, 1.82) is 0 Å². The van der Waals surface area contributed by atoms with Crippen LogP contribution >= 0.6 is 0 Å². The Kier molecular flexibility index (Phi) is 3.21. The molecular weight excluding hydrogens is 210 g/mol. The summed E-state index contributed by atoms with van der Waals surface area (Å²) in [6.45, 7) is 3.79. The second-order valence-electron chi connectivity index (χ2n) is 4.49. The monoisotopic (exact) mass is 227 g/mol. The SMILES string of the molecule is CC(C)(N)c1cccc(CS(C)(=O)=O)c1. The van der Waals surface area contributed by atoms with E-state index in [1.807, 2.05) is 32.0 Å². The van der Waals surface area contributed by atoms with Crippen LogP contribution in [0, 0.1) is 0 Å². The van der Waals surface area contributed by atoms with Crippen LogP contribution in [-0.4, -0.2) is 14.7 Å². The summed E-state index contributed by atoms with van der Waals surface area (Å²) in [4.78, 5) is 0. The van der Waals surface area contributed by atoms with Gasteiger partial charge in [0, 0.05) is 11.8 Å². The summed E-state index contributed by atoms with van der Waals surface area (Å²) in [5.41, 5.74) is 7.24. The largest absolute Gasteiger partial charge is 0.322 e. The van der Waals surface area contributed by atoms with Crippen LogP contribution in [-0.2, 0) is 21.1 Å². The topological polar surface area (TPSA) is 60.2 Å². The van der Waals surface area contributed by atoms with E-state index in [2.05, 4.69) is 0 Å². The van der Waals surface area contributed by atoms with Crippen LogP contribution in [0.4, 0.5) is 0 Å². The van der Waals surface area contributed by atoms with E-state index in [0.717, 1.165) is 11.1 Å². The van der Waals surface area contributed by atoms with E-state index in [0.29, 0.717) is 0 Å². The van der Waals surface area contributed by atoms with Crippen LogP contribution in [0.15, 0.2) is 24.3 Å². The van der Waals surface area contributed by atoms with Gasteiger partial charge in [0.2, 0.25) is 0 Å². The first-order valence-corrected chi connectivity index (χ1v) is 6.80. The van der Waals surface area contributed by atoms with E-state index < -0.39 is 15.4 Å². The standard InChI is InChI=1S/C11H17NO2S/c1-11(2,12)10-6-4-5-9(7-10)8-15(3,13)14/h4-7H,8,12H2,1-3H3. The second kappa shape index (κ2) is 3.94. The van der Waals surface area contributed by atoms with Gasteiger partial charge in [-0.05, 0) is 25.0 Å². The molecule has 2 N–H and O–H groups in total. The molecule has 0 amide bonds. The van der Waals surface area contributed by atoms with Crippen molar-refractivity contribution >= 4 is 9.84 Å². The molecule has 0 aliphatic rings. The highest BCUT2D eigenvalue weighted by molar-refractivity contribution is 7.89. The molecule has 15 heavy (non-hydrogen) atoms. The van der Waals surface area contributed by atoms with Crippen molar-refractivity contribution in [2.24, 2.45) is 5.73 Å². The molecule has 3 nitrogen and oxygen atoms in total. The molecule has 0 aromatic heterocycles. The van der Waals surface area contributed by atoms with Crippen molar-refractivity contribution < 1.29 is 8.42 Å². The highest BCUT2D eigenvalue weighted by Crippen LogP contribution is 2.18. The fourth-order valence-electron chi connectivity index (χ4n) is 1.36. The molecule has 1 aromatic rings. The number of rotatable bonds is 3. The Morgan fingerprint density at radius 1 is 1.33 bits per heavy atom. The lowest BCUT2D eigenvalue weighted by molar-refractivity contribution is 0.553. The molecular formula is C11H17NO2S. The first kappa shape index (κ1) is 12.2. The molecule has 84 valence electrons. The Morgan fingerprint density at radius 2 is 1.93 bits per heavy atom. The van der Waals surface area contributed by atoms with Crippen LogP contribution in [0.2, 0.25) is 0 Å². The van der Waals surface area contributed by atoms with Gasteiger partial charge in [0.15, 0.2) is 9.84 Å². The van der Waals surface area contributed by atoms with Gasteiger partial charge in [0.05, 0.1) is 5.75 Å². The summed E-state index contributed by atoms with van der Waals surface area (Å²) < 4.78 is 22.3. The van der Waals surface area contributed by atoms with Crippen molar-refractivity contribution in [1.82, 2.24) is 0 Å². The fraction of sp³-hybridized carbons (Fsp3) is 0.455. The van der Waals surface area contributed by atoms with E-state index in [-0.39, 0.29) is 5.75 Å². The summed E-state index contributed by atoms with van der Waals surface area (Å²) in [7, 11) is -2.98. The Morgan fingerprint density at radius 3 is 2.40 bits per heavy atom. The van der Waals surface area contributed by atoms with E-state index in [1.54, 1.807) is 6.07 Å². The number of hydrogen-bond acceptors (Lipinski definition) is 3. The van der Waals surface area contributed by atoms with Gasteiger partial charge >= 0.3 is 0 Å². The Bertz CT molecular complexity index is 444. The van der Waals surface area contributed by atoms with Crippen LogP contribution in [0.3, 0.4) is 0 Å². The van der Waals surface area contributed by atoms with Crippen molar-refractivity contribution in [3.8, 4) is 0 Å². The molecule has 0 saturated heterocycles. The van der Waals surface area contributed by atoms with Gasteiger partial charge in [0.25, 0.3) is 0 Å². The molecule has 0 unspecified atom stereocenters. The third kappa shape index (κ3) is 4.01. The molecule has 0 radical (unpaired) electrons. The molecule has 0 spiro atoms. The Labute approximate surface area is 91.2 Å². The molecule has 0 aliphatic carbocycles. The zero-order valence-corrected chi connectivity index (χ0v) is 10.1. The predicted molar refractivity (Wildman–Crippen MR) is 62.2 cm³/mol. The highest BCUT2D eigenvalue weighted by Gasteiger charge is 2.14. The van der Waals surface area contributed by atoms with E-state index in [4.69, 9.17) is 5.73 Å². The molecule has 0 heterocycles. The van der Waals surface area contributed by atoms with E-state index in [1.165, 1.54) is 6.26 Å². The van der Waals surface area contributed by atoms with Crippen molar-refractivity contribution in [3.63, 3.8) is 0 Å². The summed E-state index contributed by atoms with van der Waals surface area (Å²) in [5.74, 6) is 0.0664. The van der Waals surface area contributed by atoms with Gasteiger partial charge in [-0.2, -0.15) is 0 Å². The lowest BCUT2D eigenvalue weighted by Gasteiger charge is -2.19. The maximum atomic E-state index is 11.1. The maximum absolute atomic E-state index is 11.1. The summed E-state index contributed by atoms with van der Waals surface area (Å²) in [6, 6.07) is 7.40. The van der Waals surface area contributed by atoms with Crippen LogP contribution in [0.5, 0.6) is 0 Å². The Hall–Kier alpha value is -0.870. The molecule has 0 aliphatic heterocycles. The minimum atomic E-state index is -2.98. The molecule has 0 atom stereocenters. The zero-order valence-electron chi connectivity index (χ0n) is 9.32. The average molecular weight is 227 g/mol. The fourth-order valence-corrected chi connectivity index (χ4v) is 2.15. The van der Waals surface area contributed by atoms with Crippen LogP contribution < -0.4 is 5.73 Å². The normalized spacial score (nSPS) is 12.8. The molecule has 0 fully saturated rings. The van der Waals surface area contributed by atoms with Crippen LogP contribution in [0.25, 0.3) is 0 Å². The van der Waals surface area contributed by atoms with Crippen LogP contribution in [0.1, 0.15) is 25.0 Å². The summed E-state index contributed by atoms with van der Waals surface area (Å²) in [6.07, 6.45) is 1.23. The first-order valence-electron chi connectivity index (χ1n) is 4.74. The van der Waals surface area contributed by atoms with Gasteiger partial charge in [-0.1, -0.05) is 24.3 Å². The number of hydrogen-bond donors (Lipinski definition) is 1. The van der Waals surface area contributed by atoms with E-state index in [9.17, 15) is 8.42 Å². The lowest BCUT2D eigenvalue weighted by Crippen LogP contribution is -2.28. The number of benzene rings is 1. The molecule has 4 heteroatoms. The van der Waals surface area contributed by atoms with Gasteiger partial charge in [-0.3, -0.25) is 0 Å². The first-order chi connectivity index (χ1) is 6.68. The second-order valence-corrected chi connectivity index (χ2v) is 6.63. The Balaban J connectivity index is 3.04. The maximum Gasteiger partial charge on any atom is 0.151 e. The summed E-state index contributed by atoms with van der Waals surface area (Å²) in [5, 5.41) is 0. The quantitative estimate of drug-likeness (QED) is 0.849. The van der Waals surface area contributed by atoms with Gasteiger partial charge in [-0.15, -0.1) is 0 Å².